The summed E-state index contributed by atoms with van der Waals surface area (Å²) >= 11 is 0. The molecule has 4 nitrogen and oxygen atoms in total. The molecule has 0 aliphatic carbocycles. The first-order valence-corrected chi connectivity index (χ1v) is 7.31. The van der Waals surface area contributed by atoms with Gasteiger partial charge in [0, 0.05) is 31.4 Å². The number of hydrogen-bond donors (Lipinski definition) is 1. The summed E-state index contributed by atoms with van der Waals surface area (Å²) in [5.41, 5.74) is 8.12. The van der Waals surface area contributed by atoms with E-state index >= 15 is 0 Å². The summed E-state index contributed by atoms with van der Waals surface area (Å²) in [5, 5.41) is 4.36. The van der Waals surface area contributed by atoms with E-state index in [2.05, 4.69) is 23.1 Å². The Hall–Kier alpha value is -1.72. The van der Waals surface area contributed by atoms with Gasteiger partial charge in [-0.15, -0.1) is 0 Å². The third-order valence-electron chi connectivity index (χ3n) is 3.59. The maximum Gasteiger partial charge on any atom is 0.123 e. The number of hydrogen-bond acceptors (Lipinski definition) is 3. The molecule has 2 rings (SSSR count). The molecule has 0 spiro atoms. The lowest BCUT2D eigenvalue weighted by molar-refractivity contribution is 0.241. The van der Waals surface area contributed by atoms with E-state index in [4.69, 9.17) is 5.73 Å². The number of aryl methyl sites for hydroxylation is 1. The van der Waals surface area contributed by atoms with Gasteiger partial charge in [-0.05, 0) is 31.2 Å². The fourth-order valence-corrected chi connectivity index (χ4v) is 2.46. The first-order chi connectivity index (χ1) is 10.1. The van der Waals surface area contributed by atoms with E-state index in [9.17, 15) is 4.39 Å². The Morgan fingerprint density at radius 3 is 2.67 bits per heavy atom. The molecule has 0 bridgehead atoms. The van der Waals surface area contributed by atoms with Gasteiger partial charge in [0.1, 0.15) is 5.82 Å². The highest BCUT2D eigenvalue weighted by atomic mass is 19.1. The van der Waals surface area contributed by atoms with Gasteiger partial charge in [0.15, 0.2) is 0 Å². The molecule has 2 aromatic rings. The summed E-state index contributed by atoms with van der Waals surface area (Å²) in [6, 6.07) is 6.69. The number of rotatable bonds is 7. The first kappa shape index (κ1) is 15.7. The van der Waals surface area contributed by atoms with E-state index < -0.39 is 0 Å². The van der Waals surface area contributed by atoms with Crippen molar-refractivity contribution < 1.29 is 4.39 Å². The SMILES string of the molecule is CCCn1cc(C(CN)N(C)Cc2ccc(F)cc2)cn1. The van der Waals surface area contributed by atoms with E-state index in [1.165, 1.54) is 12.1 Å². The van der Waals surface area contributed by atoms with Gasteiger partial charge < -0.3 is 5.73 Å². The Labute approximate surface area is 125 Å². The zero-order valence-electron chi connectivity index (χ0n) is 12.7. The molecule has 0 saturated carbocycles. The minimum Gasteiger partial charge on any atom is -0.329 e. The maximum absolute atomic E-state index is 12.9. The maximum atomic E-state index is 12.9. The fraction of sp³-hybridized carbons (Fsp3) is 0.438. The summed E-state index contributed by atoms with van der Waals surface area (Å²) in [5.74, 6) is -0.211. The fourth-order valence-electron chi connectivity index (χ4n) is 2.46. The van der Waals surface area contributed by atoms with Crippen molar-refractivity contribution in [3.63, 3.8) is 0 Å². The lowest BCUT2D eigenvalue weighted by Gasteiger charge is -2.26. The minimum atomic E-state index is -0.211. The molecule has 0 radical (unpaired) electrons. The molecular formula is C16H23FN4. The van der Waals surface area contributed by atoms with Crippen LogP contribution in [-0.4, -0.2) is 28.3 Å². The Bertz CT molecular complexity index is 550. The van der Waals surface area contributed by atoms with Crippen molar-refractivity contribution in [2.75, 3.05) is 13.6 Å². The second-order valence-electron chi connectivity index (χ2n) is 5.33. The molecule has 0 aliphatic rings. The van der Waals surface area contributed by atoms with Crippen molar-refractivity contribution in [3.8, 4) is 0 Å². The first-order valence-electron chi connectivity index (χ1n) is 7.31. The number of halogens is 1. The van der Waals surface area contributed by atoms with Gasteiger partial charge in [0.05, 0.1) is 12.2 Å². The second kappa shape index (κ2) is 7.33. The molecule has 0 amide bonds. The summed E-state index contributed by atoms with van der Waals surface area (Å²) in [6.07, 6.45) is 5.00. The van der Waals surface area contributed by atoms with Crippen molar-refractivity contribution in [1.82, 2.24) is 14.7 Å². The van der Waals surface area contributed by atoms with Crippen LogP contribution in [0.25, 0.3) is 0 Å². The molecular weight excluding hydrogens is 267 g/mol. The van der Waals surface area contributed by atoms with Crippen LogP contribution in [0.15, 0.2) is 36.7 Å². The second-order valence-corrected chi connectivity index (χ2v) is 5.33. The van der Waals surface area contributed by atoms with Gasteiger partial charge >= 0.3 is 0 Å². The lowest BCUT2D eigenvalue weighted by Crippen LogP contribution is -2.30. The summed E-state index contributed by atoms with van der Waals surface area (Å²) in [7, 11) is 2.03. The predicted molar refractivity (Wildman–Crippen MR) is 82.2 cm³/mol. The highest BCUT2D eigenvalue weighted by molar-refractivity contribution is 5.17. The molecule has 1 atom stereocenters. The predicted octanol–water partition coefficient (Wildman–Crippen LogP) is 2.56. The zero-order valence-corrected chi connectivity index (χ0v) is 12.7. The molecule has 114 valence electrons. The van der Waals surface area contributed by atoms with E-state index in [1.54, 1.807) is 12.1 Å². The van der Waals surface area contributed by atoms with Crippen molar-refractivity contribution in [3.05, 3.63) is 53.6 Å². The molecule has 0 fully saturated rings. The van der Waals surface area contributed by atoms with Crippen molar-refractivity contribution in [2.24, 2.45) is 5.73 Å². The van der Waals surface area contributed by atoms with Gasteiger partial charge in [0.2, 0.25) is 0 Å². The number of aromatic nitrogens is 2. The average Bonchev–Trinajstić information content (AvgIpc) is 2.91. The third-order valence-corrected chi connectivity index (χ3v) is 3.59. The van der Waals surface area contributed by atoms with Crippen LogP contribution in [0.2, 0.25) is 0 Å². The highest BCUT2D eigenvalue weighted by Crippen LogP contribution is 2.20. The Balaban J connectivity index is 2.06. The Morgan fingerprint density at radius 1 is 1.33 bits per heavy atom. The summed E-state index contributed by atoms with van der Waals surface area (Å²) < 4.78 is 14.9. The molecule has 1 heterocycles. The number of likely N-dealkylation sites (N-methyl/N-ethyl adjacent to an activating group) is 1. The molecule has 5 heteroatoms. The standard InChI is InChI=1S/C16H23FN4/c1-3-8-21-12-14(10-19-21)16(9-18)20(2)11-13-4-6-15(17)7-5-13/h4-7,10,12,16H,3,8-9,11,18H2,1-2H3. The molecule has 1 aromatic carbocycles. The Morgan fingerprint density at radius 2 is 2.05 bits per heavy atom. The van der Waals surface area contributed by atoms with Crippen molar-refractivity contribution in [1.29, 1.82) is 0 Å². The summed E-state index contributed by atoms with van der Waals surface area (Å²) in [6.45, 7) is 4.29. The minimum absolute atomic E-state index is 0.112. The Kier molecular flexibility index (Phi) is 5.47. The molecule has 0 aliphatic heterocycles. The van der Waals surface area contributed by atoms with Gasteiger partial charge in [-0.3, -0.25) is 9.58 Å². The van der Waals surface area contributed by atoms with Crippen LogP contribution in [0.3, 0.4) is 0 Å². The normalized spacial score (nSPS) is 12.8. The number of nitrogens with two attached hydrogens (primary N) is 1. The lowest BCUT2D eigenvalue weighted by atomic mass is 10.1. The third kappa shape index (κ3) is 4.12. The van der Waals surface area contributed by atoms with Crippen LogP contribution in [0, 0.1) is 5.82 Å². The van der Waals surface area contributed by atoms with Crippen LogP contribution in [0.1, 0.15) is 30.5 Å². The van der Waals surface area contributed by atoms with Gasteiger partial charge in [-0.2, -0.15) is 5.10 Å². The van der Waals surface area contributed by atoms with Gasteiger partial charge in [-0.25, -0.2) is 4.39 Å². The van der Waals surface area contributed by atoms with Gasteiger partial charge in [-0.1, -0.05) is 19.1 Å². The molecule has 1 unspecified atom stereocenters. The van der Waals surface area contributed by atoms with E-state index in [-0.39, 0.29) is 11.9 Å². The number of benzene rings is 1. The van der Waals surface area contributed by atoms with E-state index in [0.717, 1.165) is 30.6 Å². The summed E-state index contributed by atoms with van der Waals surface area (Å²) in [4.78, 5) is 2.17. The van der Waals surface area contributed by atoms with Gasteiger partial charge in [0.25, 0.3) is 0 Å². The van der Waals surface area contributed by atoms with Crippen LogP contribution in [0.4, 0.5) is 4.39 Å². The largest absolute Gasteiger partial charge is 0.329 e. The topological polar surface area (TPSA) is 47.1 Å². The zero-order chi connectivity index (χ0) is 15.2. The van der Waals surface area contributed by atoms with Crippen LogP contribution >= 0.6 is 0 Å². The molecule has 21 heavy (non-hydrogen) atoms. The smallest absolute Gasteiger partial charge is 0.123 e. The van der Waals surface area contributed by atoms with E-state index in [0.29, 0.717) is 6.54 Å². The molecule has 0 saturated heterocycles. The highest BCUT2D eigenvalue weighted by Gasteiger charge is 2.17. The van der Waals surface area contributed by atoms with Crippen molar-refractivity contribution >= 4 is 0 Å². The van der Waals surface area contributed by atoms with Crippen LogP contribution in [0.5, 0.6) is 0 Å². The van der Waals surface area contributed by atoms with Crippen LogP contribution < -0.4 is 5.73 Å². The average molecular weight is 290 g/mol. The molecule has 1 aromatic heterocycles. The van der Waals surface area contributed by atoms with E-state index in [1.807, 2.05) is 17.9 Å². The monoisotopic (exact) mass is 290 g/mol. The molecule has 2 N–H and O–H groups in total. The van der Waals surface area contributed by atoms with Crippen molar-refractivity contribution in [2.45, 2.75) is 32.5 Å². The van der Waals surface area contributed by atoms with Crippen LogP contribution in [-0.2, 0) is 13.1 Å². The quantitative estimate of drug-likeness (QED) is 0.852. The number of nitrogens with zero attached hydrogens (tertiary/aromatic N) is 3.